The van der Waals surface area contributed by atoms with Crippen molar-refractivity contribution < 1.29 is 9.18 Å². The molecule has 2 amide bonds. The lowest BCUT2D eigenvalue weighted by atomic mass is 9.87. The lowest BCUT2D eigenvalue weighted by Gasteiger charge is -2.31. The maximum absolute atomic E-state index is 12.9. The second kappa shape index (κ2) is 5.17. The number of amides is 2. The Morgan fingerprint density at radius 3 is 2.59 bits per heavy atom. The molecular formula is C13H17FN2O. The first-order valence-corrected chi connectivity index (χ1v) is 5.90. The molecular weight excluding hydrogens is 219 g/mol. The average Bonchev–Trinajstić information content (AvgIpc) is 2.39. The standard InChI is InChI=1S/C13H17FN2O/c14-9-11-3-1-2-4-12(11)10-5-7-16(8-6-10)13(15)17/h1-4,10H,5-9H2,(H2,15,17). The first-order chi connectivity index (χ1) is 8.22. The molecule has 3 nitrogen and oxygen atoms in total. The number of piperidine rings is 1. The Balaban J connectivity index is 2.07. The van der Waals surface area contributed by atoms with Crippen LogP contribution < -0.4 is 5.73 Å². The molecule has 0 aromatic heterocycles. The summed E-state index contributed by atoms with van der Waals surface area (Å²) in [6, 6.07) is 7.25. The van der Waals surface area contributed by atoms with E-state index in [1.807, 2.05) is 24.3 Å². The van der Waals surface area contributed by atoms with Crippen molar-refractivity contribution in [2.75, 3.05) is 13.1 Å². The van der Waals surface area contributed by atoms with Crippen LogP contribution in [0.2, 0.25) is 0 Å². The van der Waals surface area contributed by atoms with Crippen LogP contribution in [0, 0.1) is 0 Å². The van der Waals surface area contributed by atoms with Gasteiger partial charge in [-0.1, -0.05) is 24.3 Å². The summed E-state index contributed by atoms with van der Waals surface area (Å²) in [6.45, 7) is 0.910. The zero-order valence-electron chi connectivity index (χ0n) is 9.73. The number of urea groups is 1. The molecule has 1 aliphatic heterocycles. The molecule has 1 fully saturated rings. The van der Waals surface area contributed by atoms with Crippen molar-refractivity contribution >= 4 is 6.03 Å². The highest BCUT2D eigenvalue weighted by Gasteiger charge is 2.23. The first-order valence-electron chi connectivity index (χ1n) is 5.90. The van der Waals surface area contributed by atoms with Gasteiger partial charge in [0, 0.05) is 13.1 Å². The van der Waals surface area contributed by atoms with Crippen molar-refractivity contribution in [2.24, 2.45) is 5.73 Å². The first kappa shape index (κ1) is 11.9. The van der Waals surface area contributed by atoms with Gasteiger partial charge >= 0.3 is 6.03 Å². The van der Waals surface area contributed by atoms with Crippen molar-refractivity contribution in [3.63, 3.8) is 0 Å². The maximum Gasteiger partial charge on any atom is 0.314 e. The highest BCUT2D eigenvalue weighted by Crippen LogP contribution is 2.30. The molecule has 1 aromatic rings. The fourth-order valence-electron chi connectivity index (χ4n) is 2.47. The summed E-state index contributed by atoms with van der Waals surface area (Å²) in [7, 11) is 0. The lowest BCUT2D eigenvalue weighted by molar-refractivity contribution is 0.190. The molecule has 1 aromatic carbocycles. The van der Waals surface area contributed by atoms with Crippen molar-refractivity contribution in [3.05, 3.63) is 35.4 Å². The summed E-state index contributed by atoms with van der Waals surface area (Å²) in [5.41, 5.74) is 7.09. The van der Waals surface area contributed by atoms with Gasteiger partial charge in [0.25, 0.3) is 0 Å². The van der Waals surface area contributed by atoms with Gasteiger partial charge in [0.2, 0.25) is 0 Å². The molecule has 2 rings (SSSR count). The van der Waals surface area contributed by atoms with Gasteiger partial charge in [-0.25, -0.2) is 9.18 Å². The number of halogens is 1. The number of alkyl halides is 1. The Hall–Kier alpha value is -1.58. The Labute approximate surface area is 100 Å². The molecule has 17 heavy (non-hydrogen) atoms. The third-order valence-electron chi connectivity index (χ3n) is 3.45. The molecule has 4 heteroatoms. The fraction of sp³-hybridized carbons (Fsp3) is 0.462. The quantitative estimate of drug-likeness (QED) is 0.842. The Kier molecular flexibility index (Phi) is 3.61. The third-order valence-corrected chi connectivity index (χ3v) is 3.45. The van der Waals surface area contributed by atoms with E-state index in [-0.39, 0.29) is 6.03 Å². The number of nitrogens with two attached hydrogens (primary N) is 1. The average molecular weight is 236 g/mol. The van der Waals surface area contributed by atoms with E-state index in [1.54, 1.807) is 4.90 Å². The van der Waals surface area contributed by atoms with Crippen LogP contribution in [0.4, 0.5) is 9.18 Å². The molecule has 0 bridgehead atoms. The van der Waals surface area contributed by atoms with E-state index >= 15 is 0 Å². The summed E-state index contributed by atoms with van der Waals surface area (Å²) < 4.78 is 12.9. The number of hydrogen-bond acceptors (Lipinski definition) is 1. The number of primary amides is 1. The number of likely N-dealkylation sites (tertiary alicyclic amines) is 1. The normalized spacial score (nSPS) is 17.1. The van der Waals surface area contributed by atoms with Crippen molar-refractivity contribution in [1.29, 1.82) is 0 Å². The highest BCUT2D eigenvalue weighted by molar-refractivity contribution is 5.72. The van der Waals surface area contributed by atoms with Crippen LogP contribution in [0.15, 0.2) is 24.3 Å². The van der Waals surface area contributed by atoms with Crippen LogP contribution in [-0.2, 0) is 6.67 Å². The number of nitrogens with zero attached hydrogens (tertiary/aromatic N) is 1. The Morgan fingerprint density at radius 2 is 2.00 bits per heavy atom. The van der Waals surface area contributed by atoms with Crippen molar-refractivity contribution in [3.8, 4) is 0 Å². The second-order valence-electron chi connectivity index (χ2n) is 4.43. The van der Waals surface area contributed by atoms with Gasteiger partial charge in [0.05, 0.1) is 0 Å². The van der Waals surface area contributed by atoms with Crippen LogP contribution >= 0.6 is 0 Å². The zero-order chi connectivity index (χ0) is 12.3. The van der Waals surface area contributed by atoms with E-state index in [9.17, 15) is 9.18 Å². The predicted molar refractivity (Wildman–Crippen MR) is 64.4 cm³/mol. The van der Waals surface area contributed by atoms with E-state index in [0.29, 0.717) is 19.0 Å². The third kappa shape index (κ3) is 2.57. The topological polar surface area (TPSA) is 46.3 Å². The minimum Gasteiger partial charge on any atom is -0.351 e. The van der Waals surface area contributed by atoms with Gasteiger partial charge < -0.3 is 10.6 Å². The molecule has 0 aliphatic carbocycles. The van der Waals surface area contributed by atoms with Crippen LogP contribution in [0.3, 0.4) is 0 Å². The van der Waals surface area contributed by atoms with Crippen LogP contribution in [-0.4, -0.2) is 24.0 Å². The molecule has 92 valence electrons. The predicted octanol–water partition coefficient (Wildman–Crippen LogP) is 2.41. The van der Waals surface area contributed by atoms with Crippen molar-refractivity contribution in [1.82, 2.24) is 4.90 Å². The number of hydrogen-bond donors (Lipinski definition) is 1. The molecule has 0 radical (unpaired) electrons. The SMILES string of the molecule is NC(=O)N1CCC(c2ccccc2CF)CC1. The molecule has 0 atom stereocenters. The highest BCUT2D eigenvalue weighted by atomic mass is 19.1. The summed E-state index contributed by atoms with van der Waals surface area (Å²) in [5, 5.41) is 0. The number of rotatable bonds is 2. The summed E-state index contributed by atoms with van der Waals surface area (Å²) in [5.74, 6) is 0.345. The van der Waals surface area contributed by atoms with E-state index in [2.05, 4.69) is 0 Å². The van der Waals surface area contributed by atoms with E-state index in [4.69, 9.17) is 5.73 Å². The zero-order valence-corrected chi connectivity index (χ0v) is 9.73. The maximum atomic E-state index is 12.9. The second-order valence-corrected chi connectivity index (χ2v) is 4.43. The summed E-state index contributed by atoms with van der Waals surface area (Å²) >= 11 is 0. The van der Waals surface area contributed by atoms with Gasteiger partial charge in [-0.2, -0.15) is 0 Å². The molecule has 1 heterocycles. The molecule has 0 saturated carbocycles. The minimum atomic E-state index is -0.424. The number of carbonyl (C=O) groups excluding carboxylic acids is 1. The lowest BCUT2D eigenvalue weighted by Crippen LogP contribution is -2.41. The van der Waals surface area contributed by atoms with Gasteiger partial charge in [-0.05, 0) is 29.9 Å². The van der Waals surface area contributed by atoms with Gasteiger partial charge in [0.1, 0.15) is 6.67 Å². The number of benzene rings is 1. The monoisotopic (exact) mass is 236 g/mol. The van der Waals surface area contributed by atoms with E-state index in [0.717, 1.165) is 24.0 Å². The van der Waals surface area contributed by atoms with E-state index < -0.39 is 6.67 Å². The molecule has 0 unspecified atom stereocenters. The van der Waals surface area contributed by atoms with Crippen LogP contribution in [0.5, 0.6) is 0 Å². The molecule has 1 saturated heterocycles. The molecule has 1 aliphatic rings. The summed E-state index contributed by atoms with van der Waals surface area (Å²) in [4.78, 5) is 12.7. The molecule has 2 N–H and O–H groups in total. The fourth-order valence-corrected chi connectivity index (χ4v) is 2.47. The van der Waals surface area contributed by atoms with Crippen LogP contribution in [0.1, 0.15) is 29.9 Å². The van der Waals surface area contributed by atoms with Gasteiger partial charge in [0.15, 0.2) is 0 Å². The van der Waals surface area contributed by atoms with Gasteiger partial charge in [-0.15, -0.1) is 0 Å². The smallest absolute Gasteiger partial charge is 0.314 e. The summed E-state index contributed by atoms with van der Waals surface area (Å²) in [6.07, 6.45) is 1.72. The van der Waals surface area contributed by atoms with Crippen molar-refractivity contribution in [2.45, 2.75) is 25.4 Å². The van der Waals surface area contributed by atoms with Gasteiger partial charge in [-0.3, -0.25) is 0 Å². The van der Waals surface area contributed by atoms with Crippen LogP contribution in [0.25, 0.3) is 0 Å². The molecule has 0 spiro atoms. The minimum absolute atomic E-state index is 0.345. The Bertz CT molecular complexity index is 400. The Morgan fingerprint density at radius 1 is 1.35 bits per heavy atom. The largest absolute Gasteiger partial charge is 0.351 e. The number of carbonyl (C=O) groups is 1. The van der Waals surface area contributed by atoms with E-state index in [1.165, 1.54) is 0 Å².